The summed E-state index contributed by atoms with van der Waals surface area (Å²) in [7, 11) is 0. The van der Waals surface area contributed by atoms with Crippen LogP contribution in [0.4, 0.5) is 0 Å². The molecule has 0 amide bonds. The molecule has 3 heteroatoms. The van der Waals surface area contributed by atoms with E-state index >= 15 is 0 Å². The summed E-state index contributed by atoms with van der Waals surface area (Å²) in [6.45, 7) is 6.54. The highest BCUT2D eigenvalue weighted by molar-refractivity contribution is 7.12. The van der Waals surface area contributed by atoms with Crippen molar-refractivity contribution in [1.82, 2.24) is 5.32 Å². The summed E-state index contributed by atoms with van der Waals surface area (Å²) < 4.78 is 0. The van der Waals surface area contributed by atoms with E-state index in [0.717, 1.165) is 0 Å². The number of hydrogen-bond donors (Lipinski definition) is 1. The SMILES string of the molecule is C=C(Cl)CNC(C)c1cc2c(s1)CCC2. The van der Waals surface area contributed by atoms with Crippen LogP contribution < -0.4 is 5.32 Å². The molecular formula is C12H16ClNS. The van der Waals surface area contributed by atoms with Crippen LogP contribution >= 0.6 is 22.9 Å². The fourth-order valence-electron chi connectivity index (χ4n) is 1.93. The predicted molar refractivity (Wildman–Crippen MR) is 67.8 cm³/mol. The maximum Gasteiger partial charge on any atom is 0.0389 e. The summed E-state index contributed by atoms with van der Waals surface area (Å²) in [5.74, 6) is 0. The topological polar surface area (TPSA) is 12.0 Å². The van der Waals surface area contributed by atoms with Gasteiger partial charge in [0, 0.05) is 27.4 Å². The lowest BCUT2D eigenvalue weighted by molar-refractivity contribution is 0.624. The molecule has 0 bridgehead atoms. The maximum atomic E-state index is 5.73. The van der Waals surface area contributed by atoms with E-state index in [1.165, 1.54) is 24.1 Å². The molecule has 0 saturated heterocycles. The number of rotatable bonds is 4. The van der Waals surface area contributed by atoms with Crippen LogP contribution in [0.3, 0.4) is 0 Å². The lowest BCUT2D eigenvalue weighted by Gasteiger charge is -2.11. The molecule has 1 aliphatic rings. The van der Waals surface area contributed by atoms with Gasteiger partial charge in [-0.05, 0) is 37.8 Å². The third kappa shape index (κ3) is 2.63. The minimum atomic E-state index is 0.385. The number of hydrogen-bond acceptors (Lipinski definition) is 2. The normalized spacial score (nSPS) is 16.4. The van der Waals surface area contributed by atoms with Crippen LogP contribution in [0, 0.1) is 0 Å². The first kappa shape index (κ1) is 11.2. The van der Waals surface area contributed by atoms with Gasteiger partial charge in [0.1, 0.15) is 0 Å². The van der Waals surface area contributed by atoms with Gasteiger partial charge in [-0.15, -0.1) is 11.3 Å². The average molecular weight is 242 g/mol. The van der Waals surface area contributed by atoms with E-state index in [9.17, 15) is 0 Å². The highest BCUT2D eigenvalue weighted by atomic mass is 35.5. The zero-order valence-electron chi connectivity index (χ0n) is 8.98. The monoisotopic (exact) mass is 241 g/mol. The van der Waals surface area contributed by atoms with Gasteiger partial charge < -0.3 is 5.32 Å². The Morgan fingerprint density at radius 3 is 3.13 bits per heavy atom. The largest absolute Gasteiger partial charge is 0.304 e. The first-order valence-corrected chi connectivity index (χ1v) is 6.54. The Kier molecular flexibility index (Phi) is 3.49. The zero-order valence-corrected chi connectivity index (χ0v) is 10.5. The van der Waals surface area contributed by atoms with E-state index in [-0.39, 0.29) is 0 Å². The number of nitrogens with one attached hydrogen (secondary N) is 1. The second-order valence-corrected chi connectivity index (χ2v) is 5.77. The lowest BCUT2D eigenvalue weighted by Crippen LogP contribution is -2.18. The maximum absolute atomic E-state index is 5.73. The molecule has 1 N–H and O–H groups in total. The smallest absolute Gasteiger partial charge is 0.0389 e. The van der Waals surface area contributed by atoms with Crippen molar-refractivity contribution in [1.29, 1.82) is 0 Å². The predicted octanol–water partition coefficient (Wildman–Crippen LogP) is 3.64. The third-order valence-corrected chi connectivity index (χ3v) is 4.35. The van der Waals surface area contributed by atoms with E-state index < -0.39 is 0 Å². The molecule has 0 aromatic carbocycles. The molecule has 1 nitrogen and oxygen atoms in total. The van der Waals surface area contributed by atoms with Crippen molar-refractivity contribution in [2.75, 3.05) is 6.54 Å². The number of fused-ring (bicyclic) bond motifs is 1. The van der Waals surface area contributed by atoms with Gasteiger partial charge in [0.05, 0.1) is 0 Å². The summed E-state index contributed by atoms with van der Waals surface area (Å²) in [4.78, 5) is 3.01. The quantitative estimate of drug-likeness (QED) is 0.849. The standard InChI is InChI=1S/C12H16ClNS/c1-8(13)7-14-9(2)12-6-10-4-3-5-11(10)15-12/h6,9,14H,1,3-5,7H2,2H3. The van der Waals surface area contributed by atoms with Gasteiger partial charge in [-0.1, -0.05) is 18.2 Å². The van der Waals surface area contributed by atoms with Crippen LogP contribution in [0.1, 0.15) is 34.7 Å². The molecule has 1 heterocycles. The molecule has 0 saturated carbocycles. The molecular weight excluding hydrogens is 226 g/mol. The van der Waals surface area contributed by atoms with Crippen LogP contribution in [0.2, 0.25) is 0 Å². The van der Waals surface area contributed by atoms with E-state index in [0.29, 0.717) is 17.6 Å². The number of halogens is 1. The first-order valence-electron chi connectivity index (χ1n) is 5.35. The summed E-state index contributed by atoms with van der Waals surface area (Å²) in [6.07, 6.45) is 3.87. The molecule has 1 unspecified atom stereocenters. The van der Waals surface area contributed by atoms with Gasteiger partial charge in [-0.25, -0.2) is 0 Å². The molecule has 2 rings (SSSR count). The fraction of sp³-hybridized carbons (Fsp3) is 0.500. The molecule has 0 spiro atoms. The van der Waals surface area contributed by atoms with Crippen LogP contribution in [0.15, 0.2) is 17.7 Å². The molecule has 1 aromatic heterocycles. The van der Waals surface area contributed by atoms with Crippen molar-refractivity contribution in [3.63, 3.8) is 0 Å². The Balaban J connectivity index is 1.99. The average Bonchev–Trinajstić information content (AvgIpc) is 2.72. The molecule has 0 aliphatic heterocycles. The summed E-state index contributed by atoms with van der Waals surface area (Å²) in [5.41, 5.74) is 1.56. The number of aryl methyl sites for hydroxylation is 2. The Labute approximate surface area is 100 Å². The Morgan fingerprint density at radius 2 is 2.47 bits per heavy atom. The molecule has 1 atom stereocenters. The Hall–Kier alpha value is -0.310. The van der Waals surface area contributed by atoms with Crippen LogP contribution in [0.5, 0.6) is 0 Å². The van der Waals surface area contributed by atoms with Gasteiger partial charge in [0.15, 0.2) is 0 Å². The third-order valence-electron chi connectivity index (χ3n) is 2.79. The van der Waals surface area contributed by atoms with Crippen LogP contribution in [0.25, 0.3) is 0 Å². The van der Waals surface area contributed by atoms with Gasteiger partial charge in [-0.2, -0.15) is 0 Å². The van der Waals surface area contributed by atoms with Gasteiger partial charge >= 0.3 is 0 Å². The second kappa shape index (κ2) is 4.69. The van der Waals surface area contributed by atoms with Gasteiger partial charge in [0.2, 0.25) is 0 Å². The van der Waals surface area contributed by atoms with Crippen molar-refractivity contribution < 1.29 is 0 Å². The van der Waals surface area contributed by atoms with E-state index in [1.54, 1.807) is 10.4 Å². The van der Waals surface area contributed by atoms with E-state index in [2.05, 4.69) is 24.9 Å². The van der Waals surface area contributed by atoms with Crippen molar-refractivity contribution in [2.24, 2.45) is 0 Å². The summed E-state index contributed by atoms with van der Waals surface area (Å²) in [5, 5.41) is 4.04. The molecule has 1 aromatic rings. The van der Waals surface area contributed by atoms with Crippen LogP contribution in [-0.4, -0.2) is 6.54 Å². The second-order valence-electron chi connectivity index (χ2n) is 4.07. The summed E-state index contributed by atoms with van der Waals surface area (Å²) in [6, 6.07) is 2.73. The lowest BCUT2D eigenvalue weighted by atomic mass is 10.2. The molecule has 0 fully saturated rings. The van der Waals surface area contributed by atoms with Crippen molar-refractivity contribution in [2.45, 2.75) is 32.2 Å². The van der Waals surface area contributed by atoms with Gasteiger partial charge in [-0.3, -0.25) is 0 Å². The Morgan fingerprint density at radius 1 is 1.67 bits per heavy atom. The number of thiophene rings is 1. The molecule has 0 radical (unpaired) electrons. The molecule has 15 heavy (non-hydrogen) atoms. The van der Waals surface area contributed by atoms with Gasteiger partial charge in [0.25, 0.3) is 0 Å². The zero-order chi connectivity index (χ0) is 10.8. The van der Waals surface area contributed by atoms with E-state index in [4.69, 9.17) is 11.6 Å². The van der Waals surface area contributed by atoms with Crippen molar-refractivity contribution in [3.05, 3.63) is 33.0 Å². The fourth-order valence-corrected chi connectivity index (χ4v) is 3.29. The summed E-state index contributed by atoms with van der Waals surface area (Å²) >= 11 is 7.68. The Bertz CT molecular complexity index is 348. The first-order chi connectivity index (χ1) is 7.16. The van der Waals surface area contributed by atoms with Crippen LogP contribution in [-0.2, 0) is 12.8 Å². The minimum Gasteiger partial charge on any atom is -0.304 e. The highest BCUT2D eigenvalue weighted by Crippen LogP contribution is 2.33. The minimum absolute atomic E-state index is 0.385. The highest BCUT2D eigenvalue weighted by Gasteiger charge is 2.17. The molecule has 82 valence electrons. The van der Waals surface area contributed by atoms with Crippen molar-refractivity contribution >= 4 is 22.9 Å². The van der Waals surface area contributed by atoms with Crippen molar-refractivity contribution in [3.8, 4) is 0 Å². The van der Waals surface area contributed by atoms with E-state index in [1.807, 2.05) is 11.3 Å². The molecule has 1 aliphatic carbocycles.